The molecule has 18 heavy (non-hydrogen) atoms. The van der Waals surface area contributed by atoms with Crippen molar-refractivity contribution < 1.29 is 4.92 Å². The second-order valence-corrected chi connectivity index (χ2v) is 4.93. The molecule has 2 unspecified atom stereocenters. The lowest BCUT2D eigenvalue weighted by atomic mass is 10.0. The normalized spacial score (nSPS) is 22.8. The van der Waals surface area contributed by atoms with Gasteiger partial charge in [-0.2, -0.15) is 5.26 Å². The van der Waals surface area contributed by atoms with Crippen LogP contribution in [0.25, 0.3) is 0 Å². The summed E-state index contributed by atoms with van der Waals surface area (Å²) in [5.41, 5.74) is 0.902. The molecule has 0 aliphatic carbocycles. The maximum absolute atomic E-state index is 10.8. The Balaban J connectivity index is 2.32. The second kappa shape index (κ2) is 4.65. The molecule has 0 aromatic heterocycles. The summed E-state index contributed by atoms with van der Waals surface area (Å²) in [6.07, 6.45) is 0. The number of rotatable bonds is 2. The molecule has 0 spiro atoms. The van der Waals surface area contributed by atoms with Gasteiger partial charge in [0.05, 0.1) is 4.92 Å². The number of hydrogen-bond donors (Lipinski definition) is 0. The van der Waals surface area contributed by atoms with E-state index in [1.807, 2.05) is 6.07 Å². The van der Waals surface area contributed by atoms with E-state index in [4.69, 9.17) is 5.26 Å². The van der Waals surface area contributed by atoms with Crippen LogP contribution in [0.5, 0.6) is 0 Å². The molecule has 94 valence electrons. The summed E-state index contributed by atoms with van der Waals surface area (Å²) in [4.78, 5) is 12.4. The maximum Gasteiger partial charge on any atom is 0.287 e. The largest absolute Gasteiger partial charge is 0.371 e. The lowest BCUT2D eigenvalue weighted by molar-refractivity contribution is -0.385. The molecule has 0 radical (unpaired) electrons. The van der Waals surface area contributed by atoms with Gasteiger partial charge in [0.1, 0.15) is 11.6 Å². The zero-order chi connectivity index (χ0) is 13.3. The van der Waals surface area contributed by atoms with Crippen LogP contribution in [0.4, 0.5) is 11.4 Å². The van der Waals surface area contributed by atoms with Crippen LogP contribution >= 0.6 is 0 Å². The van der Waals surface area contributed by atoms with Gasteiger partial charge in [0.25, 0.3) is 5.69 Å². The van der Waals surface area contributed by atoms with E-state index in [2.05, 4.69) is 18.7 Å². The summed E-state index contributed by atoms with van der Waals surface area (Å²) in [6.45, 7) is 6.26. The van der Waals surface area contributed by atoms with E-state index >= 15 is 0 Å². The lowest BCUT2D eigenvalue weighted by Gasteiger charge is -2.18. The molecule has 2 rings (SSSR count). The topological polar surface area (TPSA) is 70.2 Å². The number of nitrogens with zero attached hydrogens (tertiary/aromatic N) is 3. The predicted octanol–water partition coefficient (Wildman–Crippen LogP) is 2.56. The molecule has 1 fully saturated rings. The number of nitro groups is 1. The molecule has 0 amide bonds. The number of nitro benzene ring substituents is 1. The van der Waals surface area contributed by atoms with Gasteiger partial charge in [0.2, 0.25) is 0 Å². The SMILES string of the molecule is CC1CN(c2ccc([N+](=O)[O-])c(C#N)c2)CC1C. The lowest BCUT2D eigenvalue weighted by Crippen LogP contribution is -2.19. The smallest absolute Gasteiger partial charge is 0.287 e. The first-order chi connectivity index (χ1) is 8.52. The molecule has 1 aromatic rings. The predicted molar refractivity (Wildman–Crippen MR) is 68.4 cm³/mol. The third-order valence-electron chi connectivity index (χ3n) is 3.65. The zero-order valence-electron chi connectivity index (χ0n) is 10.5. The van der Waals surface area contributed by atoms with Gasteiger partial charge in [-0.1, -0.05) is 13.8 Å². The Kier molecular flexibility index (Phi) is 3.19. The van der Waals surface area contributed by atoms with Crippen molar-refractivity contribution in [2.24, 2.45) is 11.8 Å². The average molecular weight is 245 g/mol. The maximum atomic E-state index is 10.8. The van der Waals surface area contributed by atoms with Crippen molar-refractivity contribution in [2.45, 2.75) is 13.8 Å². The molecule has 0 bridgehead atoms. The number of benzene rings is 1. The fraction of sp³-hybridized carbons (Fsp3) is 0.462. The second-order valence-electron chi connectivity index (χ2n) is 4.93. The van der Waals surface area contributed by atoms with E-state index in [9.17, 15) is 10.1 Å². The Morgan fingerprint density at radius 2 is 2.00 bits per heavy atom. The highest BCUT2D eigenvalue weighted by Gasteiger charge is 2.27. The Morgan fingerprint density at radius 1 is 1.39 bits per heavy atom. The minimum absolute atomic E-state index is 0.124. The van der Waals surface area contributed by atoms with Crippen LogP contribution in [0.15, 0.2) is 18.2 Å². The Labute approximate surface area is 106 Å². The number of hydrogen-bond acceptors (Lipinski definition) is 4. The van der Waals surface area contributed by atoms with Gasteiger partial charge in [-0.25, -0.2) is 0 Å². The third kappa shape index (κ3) is 2.14. The monoisotopic (exact) mass is 245 g/mol. The standard InChI is InChI=1S/C13H15N3O2/c1-9-7-15(8-10(9)2)12-3-4-13(16(17)18)11(5-12)6-14/h3-5,9-10H,7-8H2,1-2H3. The van der Waals surface area contributed by atoms with Crippen LogP contribution in [0, 0.1) is 33.3 Å². The molecular weight excluding hydrogens is 230 g/mol. The molecule has 1 aliphatic rings. The first kappa shape index (κ1) is 12.4. The zero-order valence-corrected chi connectivity index (χ0v) is 10.5. The molecule has 1 aromatic carbocycles. The van der Waals surface area contributed by atoms with Gasteiger partial charge in [0.15, 0.2) is 0 Å². The van der Waals surface area contributed by atoms with E-state index in [0.29, 0.717) is 11.8 Å². The fourth-order valence-electron chi connectivity index (χ4n) is 2.31. The van der Waals surface area contributed by atoms with Gasteiger partial charge < -0.3 is 4.90 Å². The van der Waals surface area contributed by atoms with Gasteiger partial charge >= 0.3 is 0 Å². The Hall–Kier alpha value is -2.09. The fourth-order valence-corrected chi connectivity index (χ4v) is 2.31. The van der Waals surface area contributed by atoms with Crippen LogP contribution in [0.1, 0.15) is 19.4 Å². The highest BCUT2D eigenvalue weighted by Crippen LogP contribution is 2.30. The summed E-state index contributed by atoms with van der Waals surface area (Å²) in [6, 6.07) is 6.65. The Bertz CT molecular complexity index is 511. The molecule has 1 aliphatic heterocycles. The van der Waals surface area contributed by atoms with Crippen molar-refractivity contribution in [3.8, 4) is 6.07 Å². The van der Waals surface area contributed by atoms with Gasteiger partial charge in [-0.15, -0.1) is 0 Å². The summed E-state index contributed by atoms with van der Waals surface area (Å²) in [5, 5.41) is 19.7. The number of nitriles is 1. The highest BCUT2D eigenvalue weighted by atomic mass is 16.6. The molecule has 0 N–H and O–H groups in total. The van der Waals surface area contributed by atoms with Crippen LogP contribution in [0.3, 0.4) is 0 Å². The van der Waals surface area contributed by atoms with Crippen LogP contribution < -0.4 is 4.90 Å². The summed E-state index contributed by atoms with van der Waals surface area (Å²) in [7, 11) is 0. The highest BCUT2D eigenvalue weighted by molar-refractivity contribution is 5.60. The van der Waals surface area contributed by atoms with Gasteiger partial charge in [0, 0.05) is 24.8 Å². The summed E-state index contributed by atoms with van der Waals surface area (Å²) < 4.78 is 0. The Morgan fingerprint density at radius 3 is 2.50 bits per heavy atom. The molecular formula is C13H15N3O2. The van der Waals surface area contributed by atoms with E-state index < -0.39 is 4.92 Å². The minimum Gasteiger partial charge on any atom is -0.371 e. The van der Waals surface area contributed by atoms with Gasteiger partial charge in [-0.3, -0.25) is 10.1 Å². The molecule has 5 heteroatoms. The molecule has 0 saturated carbocycles. The van der Waals surface area contributed by atoms with Gasteiger partial charge in [-0.05, 0) is 24.0 Å². The summed E-state index contributed by atoms with van der Waals surface area (Å²) in [5.74, 6) is 1.21. The van der Waals surface area contributed by atoms with Crippen molar-refractivity contribution in [3.05, 3.63) is 33.9 Å². The van der Waals surface area contributed by atoms with E-state index in [0.717, 1.165) is 18.8 Å². The van der Waals surface area contributed by atoms with Crippen molar-refractivity contribution in [1.82, 2.24) is 0 Å². The third-order valence-corrected chi connectivity index (χ3v) is 3.65. The average Bonchev–Trinajstić information content (AvgIpc) is 2.68. The van der Waals surface area contributed by atoms with Crippen LogP contribution in [0.2, 0.25) is 0 Å². The first-order valence-electron chi connectivity index (χ1n) is 5.96. The molecule has 2 atom stereocenters. The van der Waals surface area contributed by atoms with Crippen molar-refractivity contribution in [3.63, 3.8) is 0 Å². The van der Waals surface area contributed by atoms with Crippen molar-refractivity contribution >= 4 is 11.4 Å². The van der Waals surface area contributed by atoms with E-state index in [1.54, 1.807) is 12.1 Å². The first-order valence-corrected chi connectivity index (χ1v) is 5.96. The molecule has 1 heterocycles. The van der Waals surface area contributed by atoms with E-state index in [1.165, 1.54) is 6.07 Å². The van der Waals surface area contributed by atoms with Crippen LogP contribution in [-0.2, 0) is 0 Å². The van der Waals surface area contributed by atoms with Crippen LogP contribution in [-0.4, -0.2) is 18.0 Å². The minimum atomic E-state index is -0.516. The van der Waals surface area contributed by atoms with Crippen molar-refractivity contribution in [1.29, 1.82) is 5.26 Å². The summed E-state index contributed by atoms with van der Waals surface area (Å²) >= 11 is 0. The van der Waals surface area contributed by atoms with Crippen molar-refractivity contribution in [2.75, 3.05) is 18.0 Å². The molecule has 1 saturated heterocycles. The quantitative estimate of drug-likeness (QED) is 0.593. The molecule has 5 nitrogen and oxygen atoms in total. The van der Waals surface area contributed by atoms with E-state index in [-0.39, 0.29) is 11.3 Å². The number of anilines is 1.